The number of ether oxygens (including phenoxy) is 1. The zero-order valence-electron chi connectivity index (χ0n) is 21.2. The second-order valence-corrected chi connectivity index (χ2v) is 9.44. The number of hydrogen-bond donors (Lipinski definition) is 6. The van der Waals surface area contributed by atoms with Gasteiger partial charge in [0.2, 0.25) is 17.7 Å². The zero-order valence-corrected chi connectivity index (χ0v) is 21.2. The first kappa shape index (κ1) is 32.3. The lowest BCUT2D eigenvalue weighted by Crippen LogP contribution is -2.58. The third-order valence-corrected chi connectivity index (χ3v) is 4.54. The summed E-state index contributed by atoms with van der Waals surface area (Å²) in [7, 11) is 0. The number of carbonyl (C=O) groups is 7. The van der Waals surface area contributed by atoms with E-state index in [1.165, 1.54) is 6.92 Å². The average Bonchev–Trinajstić information content (AvgIpc) is 2.71. The van der Waals surface area contributed by atoms with Crippen LogP contribution < -0.4 is 21.3 Å². The molecule has 14 heteroatoms. The van der Waals surface area contributed by atoms with Crippen LogP contribution in [-0.2, 0) is 33.5 Å². The van der Waals surface area contributed by atoms with Crippen LogP contribution in [0.3, 0.4) is 0 Å². The molecule has 0 bridgehead atoms. The molecule has 0 aliphatic carbocycles. The van der Waals surface area contributed by atoms with Crippen molar-refractivity contribution in [3.8, 4) is 0 Å². The first-order valence-electron chi connectivity index (χ1n) is 11.3. The summed E-state index contributed by atoms with van der Waals surface area (Å²) >= 11 is 0. The van der Waals surface area contributed by atoms with Crippen molar-refractivity contribution in [2.24, 2.45) is 5.92 Å². The number of alkyl carbamates (subject to hydrolysis) is 1. The van der Waals surface area contributed by atoms with Crippen molar-refractivity contribution in [3.05, 3.63) is 0 Å². The number of aliphatic carboxylic acids is 2. The van der Waals surface area contributed by atoms with Crippen LogP contribution in [0.5, 0.6) is 0 Å². The van der Waals surface area contributed by atoms with Crippen LogP contribution in [0.15, 0.2) is 0 Å². The molecule has 0 rings (SSSR count). The van der Waals surface area contributed by atoms with Gasteiger partial charge in [0.25, 0.3) is 0 Å². The summed E-state index contributed by atoms with van der Waals surface area (Å²) in [5.74, 6) is -5.59. The van der Waals surface area contributed by atoms with Gasteiger partial charge in [-0.05, 0) is 40.0 Å². The smallest absolute Gasteiger partial charge is 0.408 e. The normalized spacial score (nSPS) is 14.4. The molecule has 0 spiro atoms. The first-order chi connectivity index (χ1) is 16.5. The zero-order chi connectivity index (χ0) is 28.2. The Morgan fingerprint density at radius 1 is 0.833 bits per heavy atom. The molecule has 6 N–H and O–H groups in total. The van der Waals surface area contributed by atoms with E-state index in [0.717, 1.165) is 0 Å². The number of carboxylic acids is 2. The standard InChI is InChI=1S/C22H36N4O10/c1-11(2)17(20(34)24-13(10-27)9-16(30)31)26-19(33)14(7-8-15(28)29)25-18(32)12(3)23-21(35)36-22(4,5)6/h10-14,17H,7-9H2,1-6H3,(H,23,35)(H,24,34)(H,25,32)(H,26,33)(H,28,29)(H,30,31)/t12-,13-,14+,17+/m0/s1. The van der Waals surface area contributed by atoms with Gasteiger partial charge in [-0.25, -0.2) is 4.79 Å². The molecule has 0 aromatic carbocycles. The van der Waals surface area contributed by atoms with Crippen molar-refractivity contribution < 1.29 is 48.5 Å². The number of nitrogens with one attached hydrogen (secondary N) is 4. The molecular formula is C22H36N4O10. The van der Waals surface area contributed by atoms with Crippen LogP contribution in [-0.4, -0.2) is 82.0 Å². The summed E-state index contributed by atoms with van der Waals surface area (Å²) in [5.41, 5.74) is -0.816. The molecule has 0 heterocycles. The van der Waals surface area contributed by atoms with Gasteiger partial charge in [-0.3, -0.25) is 24.0 Å². The molecule has 36 heavy (non-hydrogen) atoms. The van der Waals surface area contributed by atoms with Gasteiger partial charge in [0.05, 0.1) is 12.5 Å². The van der Waals surface area contributed by atoms with E-state index in [1.807, 2.05) is 0 Å². The van der Waals surface area contributed by atoms with Gasteiger partial charge in [-0.2, -0.15) is 0 Å². The van der Waals surface area contributed by atoms with E-state index < -0.39 is 84.3 Å². The Balaban J connectivity index is 5.47. The summed E-state index contributed by atoms with van der Waals surface area (Å²) in [6.45, 7) is 9.37. The number of hydrogen-bond acceptors (Lipinski definition) is 8. The summed E-state index contributed by atoms with van der Waals surface area (Å²) in [5, 5.41) is 27.1. The van der Waals surface area contributed by atoms with Gasteiger partial charge in [-0.15, -0.1) is 0 Å². The highest BCUT2D eigenvalue weighted by Crippen LogP contribution is 2.08. The maximum Gasteiger partial charge on any atom is 0.408 e. The third kappa shape index (κ3) is 13.2. The Labute approximate surface area is 208 Å². The number of carboxylic acid groups (broad SMARTS) is 2. The third-order valence-electron chi connectivity index (χ3n) is 4.54. The van der Waals surface area contributed by atoms with Gasteiger partial charge in [0, 0.05) is 6.42 Å². The van der Waals surface area contributed by atoms with Crippen LogP contribution in [0, 0.1) is 5.92 Å². The van der Waals surface area contributed by atoms with Crippen LogP contribution in [0.4, 0.5) is 4.79 Å². The topological polar surface area (TPSA) is 217 Å². The number of carbonyl (C=O) groups excluding carboxylic acids is 5. The Bertz CT molecular complexity index is 837. The second kappa shape index (κ2) is 14.6. The molecule has 4 amide bonds. The predicted molar refractivity (Wildman–Crippen MR) is 125 cm³/mol. The fourth-order valence-electron chi connectivity index (χ4n) is 2.77. The molecule has 0 saturated carbocycles. The van der Waals surface area contributed by atoms with Gasteiger partial charge in [-0.1, -0.05) is 13.8 Å². The largest absolute Gasteiger partial charge is 0.481 e. The van der Waals surface area contributed by atoms with E-state index in [9.17, 15) is 33.6 Å². The van der Waals surface area contributed by atoms with E-state index in [-0.39, 0.29) is 12.7 Å². The van der Waals surface area contributed by atoms with Gasteiger partial charge in [0.15, 0.2) is 0 Å². The van der Waals surface area contributed by atoms with E-state index in [1.54, 1.807) is 34.6 Å². The molecule has 0 aliphatic rings. The minimum atomic E-state index is -1.38. The number of aldehydes is 1. The average molecular weight is 517 g/mol. The highest BCUT2D eigenvalue weighted by Gasteiger charge is 2.31. The van der Waals surface area contributed by atoms with Gasteiger partial charge >= 0.3 is 18.0 Å². The Morgan fingerprint density at radius 2 is 1.42 bits per heavy atom. The van der Waals surface area contributed by atoms with Crippen molar-refractivity contribution in [1.82, 2.24) is 21.3 Å². The molecular weight excluding hydrogens is 480 g/mol. The molecule has 0 unspecified atom stereocenters. The maximum absolute atomic E-state index is 12.9. The quantitative estimate of drug-likeness (QED) is 0.163. The molecule has 4 atom stereocenters. The molecule has 0 saturated heterocycles. The van der Waals surface area contributed by atoms with E-state index >= 15 is 0 Å². The highest BCUT2D eigenvalue weighted by atomic mass is 16.6. The van der Waals surface area contributed by atoms with E-state index in [0.29, 0.717) is 0 Å². The molecule has 14 nitrogen and oxygen atoms in total. The maximum atomic E-state index is 12.9. The van der Waals surface area contributed by atoms with Crippen LogP contribution in [0.2, 0.25) is 0 Å². The van der Waals surface area contributed by atoms with Gasteiger partial charge in [0.1, 0.15) is 30.0 Å². The first-order valence-corrected chi connectivity index (χ1v) is 11.3. The van der Waals surface area contributed by atoms with Gasteiger partial charge < -0.3 is 41.0 Å². The van der Waals surface area contributed by atoms with E-state index in [4.69, 9.17) is 14.9 Å². The molecule has 0 aromatic heterocycles. The molecule has 0 fully saturated rings. The Hall–Kier alpha value is -3.71. The lowest BCUT2D eigenvalue weighted by Gasteiger charge is -2.27. The van der Waals surface area contributed by atoms with E-state index in [2.05, 4.69) is 21.3 Å². The molecule has 0 radical (unpaired) electrons. The summed E-state index contributed by atoms with van der Waals surface area (Å²) in [6, 6.07) is -5.08. The highest BCUT2D eigenvalue weighted by molar-refractivity contribution is 5.94. The summed E-state index contributed by atoms with van der Waals surface area (Å²) < 4.78 is 5.07. The fraction of sp³-hybridized carbons (Fsp3) is 0.682. The lowest BCUT2D eigenvalue weighted by molar-refractivity contribution is -0.140. The van der Waals surface area contributed by atoms with Crippen molar-refractivity contribution in [2.45, 2.75) is 90.6 Å². The van der Waals surface area contributed by atoms with Crippen LogP contribution >= 0.6 is 0 Å². The Morgan fingerprint density at radius 3 is 1.86 bits per heavy atom. The Kier molecular flexibility index (Phi) is 13.1. The minimum Gasteiger partial charge on any atom is -0.481 e. The monoisotopic (exact) mass is 516 g/mol. The van der Waals surface area contributed by atoms with Crippen LogP contribution in [0.25, 0.3) is 0 Å². The molecule has 0 aromatic rings. The SMILES string of the molecule is CC(C)[C@@H](NC(=O)[C@@H](CCC(=O)O)NC(=O)[C@H](C)NC(=O)OC(C)(C)C)C(=O)N[C@H](C=O)CC(=O)O. The van der Waals surface area contributed by atoms with Crippen molar-refractivity contribution >= 4 is 42.0 Å². The van der Waals surface area contributed by atoms with Crippen molar-refractivity contribution in [3.63, 3.8) is 0 Å². The fourth-order valence-corrected chi connectivity index (χ4v) is 2.77. The number of rotatable bonds is 14. The predicted octanol–water partition coefficient (Wildman–Crippen LogP) is -0.452. The summed E-state index contributed by atoms with van der Waals surface area (Å²) in [6.07, 6.45) is -2.10. The number of amides is 4. The van der Waals surface area contributed by atoms with Crippen LogP contribution in [0.1, 0.15) is 60.8 Å². The van der Waals surface area contributed by atoms with Crippen molar-refractivity contribution in [1.29, 1.82) is 0 Å². The molecule has 0 aliphatic heterocycles. The minimum absolute atomic E-state index is 0.250. The summed E-state index contributed by atoms with van der Waals surface area (Å²) in [4.78, 5) is 82.9. The molecule has 204 valence electrons. The second-order valence-electron chi connectivity index (χ2n) is 9.44. The van der Waals surface area contributed by atoms with Crippen molar-refractivity contribution in [2.75, 3.05) is 0 Å². The lowest BCUT2D eigenvalue weighted by atomic mass is 10.0.